The lowest BCUT2D eigenvalue weighted by Crippen LogP contribution is -2.33. The molecule has 0 aliphatic carbocycles. The largest absolute Gasteiger partial charge is 0.367 e. The summed E-state index contributed by atoms with van der Waals surface area (Å²) in [4.78, 5) is 26.2. The molecule has 122 valence electrons. The SMILES string of the molecule is CCc1ccc(NCN2C(=O)SC(=Cc3ccccc3)C2=O)cc1. The summed E-state index contributed by atoms with van der Waals surface area (Å²) in [5, 5.41) is 2.88. The molecule has 0 saturated carbocycles. The lowest BCUT2D eigenvalue weighted by Gasteiger charge is -2.14. The van der Waals surface area contributed by atoms with Crippen LogP contribution in [-0.2, 0) is 11.2 Å². The molecule has 5 heteroatoms. The highest BCUT2D eigenvalue weighted by atomic mass is 32.2. The zero-order valence-corrected chi connectivity index (χ0v) is 14.2. The van der Waals surface area contributed by atoms with Crippen molar-refractivity contribution < 1.29 is 9.59 Å². The second kappa shape index (κ2) is 7.36. The quantitative estimate of drug-likeness (QED) is 0.823. The lowest BCUT2D eigenvalue weighted by atomic mass is 10.1. The van der Waals surface area contributed by atoms with E-state index >= 15 is 0 Å². The molecule has 1 aliphatic heterocycles. The third-order valence-electron chi connectivity index (χ3n) is 3.77. The molecule has 1 heterocycles. The first kappa shape index (κ1) is 16.3. The zero-order chi connectivity index (χ0) is 16.9. The van der Waals surface area contributed by atoms with Crippen molar-refractivity contribution >= 4 is 34.7 Å². The number of rotatable bonds is 5. The van der Waals surface area contributed by atoms with Crippen LogP contribution < -0.4 is 5.32 Å². The summed E-state index contributed by atoms with van der Waals surface area (Å²) in [6.45, 7) is 2.27. The van der Waals surface area contributed by atoms with E-state index in [0.29, 0.717) is 4.91 Å². The van der Waals surface area contributed by atoms with Gasteiger partial charge in [0.25, 0.3) is 11.1 Å². The van der Waals surface area contributed by atoms with Crippen LogP contribution in [0.1, 0.15) is 18.1 Å². The molecule has 1 fully saturated rings. The van der Waals surface area contributed by atoms with E-state index in [9.17, 15) is 9.59 Å². The number of carbonyl (C=O) groups excluding carboxylic acids is 2. The normalized spacial score (nSPS) is 16.0. The maximum Gasteiger partial charge on any atom is 0.295 e. The second-order valence-corrected chi connectivity index (χ2v) is 6.40. The van der Waals surface area contributed by atoms with Gasteiger partial charge in [0.1, 0.15) is 0 Å². The summed E-state index contributed by atoms with van der Waals surface area (Å²) < 4.78 is 0. The van der Waals surface area contributed by atoms with E-state index in [1.54, 1.807) is 6.08 Å². The van der Waals surface area contributed by atoms with Crippen LogP contribution in [-0.4, -0.2) is 22.7 Å². The van der Waals surface area contributed by atoms with Gasteiger partial charge in [-0.3, -0.25) is 14.5 Å². The molecule has 24 heavy (non-hydrogen) atoms. The Kier molecular flexibility index (Phi) is 5.01. The molecular formula is C19H18N2O2S. The number of benzene rings is 2. The fourth-order valence-electron chi connectivity index (χ4n) is 2.37. The van der Waals surface area contributed by atoms with Crippen molar-refractivity contribution in [3.63, 3.8) is 0 Å². The van der Waals surface area contributed by atoms with Crippen molar-refractivity contribution in [2.24, 2.45) is 0 Å². The third-order valence-corrected chi connectivity index (χ3v) is 4.68. The predicted molar refractivity (Wildman–Crippen MR) is 98.6 cm³/mol. The van der Waals surface area contributed by atoms with Crippen LogP contribution >= 0.6 is 11.8 Å². The maximum atomic E-state index is 12.4. The monoisotopic (exact) mass is 338 g/mol. The molecule has 0 spiro atoms. The molecule has 0 bridgehead atoms. The summed E-state index contributed by atoms with van der Waals surface area (Å²) >= 11 is 0.976. The fraction of sp³-hybridized carbons (Fsp3) is 0.158. The van der Waals surface area contributed by atoms with E-state index < -0.39 is 0 Å². The minimum absolute atomic E-state index is 0.169. The number of anilines is 1. The van der Waals surface area contributed by atoms with Crippen LogP contribution in [0.4, 0.5) is 10.5 Å². The fourth-order valence-corrected chi connectivity index (χ4v) is 3.20. The van der Waals surface area contributed by atoms with Gasteiger partial charge in [-0.15, -0.1) is 0 Å². The van der Waals surface area contributed by atoms with Crippen LogP contribution in [0.3, 0.4) is 0 Å². The van der Waals surface area contributed by atoms with Crippen molar-refractivity contribution in [1.29, 1.82) is 0 Å². The van der Waals surface area contributed by atoms with Crippen LogP contribution in [0.2, 0.25) is 0 Å². The Morgan fingerprint density at radius 1 is 1.04 bits per heavy atom. The predicted octanol–water partition coefficient (Wildman–Crippen LogP) is 4.35. The number of nitrogens with one attached hydrogen (secondary N) is 1. The average Bonchev–Trinajstić information content (AvgIpc) is 2.88. The van der Waals surface area contributed by atoms with Crippen LogP contribution in [0.15, 0.2) is 59.5 Å². The van der Waals surface area contributed by atoms with E-state index in [-0.39, 0.29) is 17.8 Å². The molecular weight excluding hydrogens is 320 g/mol. The van der Waals surface area contributed by atoms with Gasteiger partial charge in [-0.05, 0) is 47.5 Å². The number of nitrogens with zero attached hydrogens (tertiary/aromatic N) is 1. The van der Waals surface area contributed by atoms with Crippen molar-refractivity contribution in [3.8, 4) is 0 Å². The molecule has 1 N–H and O–H groups in total. The van der Waals surface area contributed by atoms with Crippen LogP contribution in [0, 0.1) is 0 Å². The summed E-state index contributed by atoms with van der Waals surface area (Å²) in [5.74, 6) is -0.258. The Morgan fingerprint density at radius 3 is 2.42 bits per heavy atom. The standard InChI is InChI=1S/C19H18N2O2S/c1-2-14-8-10-16(11-9-14)20-13-21-18(22)17(24-19(21)23)12-15-6-4-3-5-7-15/h3-12,20H,2,13H2,1H3. The molecule has 0 aromatic heterocycles. The van der Waals surface area contributed by atoms with Crippen molar-refractivity contribution in [3.05, 3.63) is 70.6 Å². The molecule has 4 nitrogen and oxygen atoms in total. The van der Waals surface area contributed by atoms with E-state index in [1.165, 1.54) is 10.5 Å². The topological polar surface area (TPSA) is 49.4 Å². The minimum Gasteiger partial charge on any atom is -0.367 e. The number of amides is 2. The second-order valence-electron chi connectivity index (χ2n) is 5.41. The van der Waals surface area contributed by atoms with Gasteiger partial charge in [-0.1, -0.05) is 49.4 Å². The number of thioether (sulfide) groups is 1. The highest BCUT2D eigenvalue weighted by Crippen LogP contribution is 2.32. The molecule has 3 rings (SSSR count). The van der Waals surface area contributed by atoms with Crippen molar-refractivity contribution in [2.45, 2.75) is 13.3 Å². The summed E-state index contributed by atoms with van der Waals surface area (Å²) in [5.41, 5.74) is 3.04. The van der Waals surface area contributed by atoms with Crippen molar-refractivity contribution in [1.82, 2.24) is 4.90 Å². The Morgan fingerprint density at radius 2 is 1.75 bits per heavy atom. The molecule has 1 saturated heterocycles. The Hall–Kier alpha value is -2.53. The first-order valence-corrected chi connectivity index (χ1v) is 8.62. The first-order chi connectivity index (χ1) is 11.7. The summed E-state index contributed by atoms with van der Waals surface area (Å²) in [6, 6.07) is 17.5. The molecule has 0 atom stereocenters. The lowest BCUT2D eigenvalue weighted by molar-refractivity contribution is -0.122. The van der Waals surface area contributed by atoms with E-state index in [1.807, 2.05) is 54.6 Å². The van der Waals surface area contributed by atoms with E-state index in [2.05, 4.69) is 12.2 Å². The highest BCUT2D eigenvalue weighted by molar-refractivity contribution is 8.18. The number of imide groups is 1. The van der Waals surface area contributed by atoms with Gasteiger partial charge in [-0.25, -0.2) is 0 Å². The van der Waals surface area contributed by atoms with E-state index in [4.69, 9.17) is 0 Å². The smallest absolute Gasteiger partial charge is 0.295 e. The Bertz CT molecular complexity index is 770. The number of hydrogen-bond donors (Lipinski definition) is 1. The number of hydrogen-bond acceptors (Lipinski definition) is 4. The van der Waals surface area contributed by atoms with Crippen LogP contribution in [0.25, 0.3) is 6.08 Å². The van der Waals surface area contributed by atoms with Gasteiger partial charge in [0, 0.05) is 5.69 Å². The van der Waals surface area contributed by atoms with Gasteiger partial charge in [0.2, 0.25) is 0 Å². The Labute approximate surface area is 145 Å². The summed E-state index contributed by atoms with van der Waals surface area (Å²) in [6.07, 6.45) is 2.73. The molecule has 1 aliphatic rings. The maximum absolute atomic E-state index is 12.4. The first-order valence-electron chi connectivity index (χ1n) is 7.80. The highest BCUT2D eigenvalue weighted by Gasteiger charge is 2.34. The Balaban J connectivity index is 1.67. The molecule has 2 aromatic carbocycles. The van der Waals surface area contributed by atoms with Gasteiger partial charge < -0.3 is 5.32 Å². The van der Waals surface area contributed by atoms with Gasteiger partial charge in [0.05, 0.1) is 11.6 Å². The molecule has 2 amide bonds. The third kappa shape index (κ3) is 3.68. The number of aryl methyl sites for hydroxylation is 1. The molecule has 2 aromatic rings. The van der Waals surface area contributed by atoms with E-state index in [0.717, 1.165) is 29.4 Å². The zero-order valence-electron chi connectivity index (χ0n) is 13.4. The van der Waals surface area contributed by atoms with Gasteiger partial charge >= 0.3 is 0 Å². The average molecular weight is 338 g/mol. The minimum atomic E-state index is -0.258. The van der Waals surface area contributed by atoms with Gasteiger partial charge in [-0.2, -0.15) is 0 Å². The van der Waals surface area contributed by atoms with Crippen molar-refractivity contribution in [2.75, 3.05) is 12.0 Å². The molecule has 0 radical (unpaired) electrons. The summed E-state index contributed by atoms with van der Waals surface area (Å²) in [7, 11) is 0. The van der Waals surface area contributed by atoms with Crippen LogP contribution in [0.5, 0.6) is 0 Å². The van der Waals surface area contributed by atoms with Gasteiger partial charge in [0.15, 0.2) is 0 Å². The number of carbonyl (C=O) groups is 2. The molecule has 0 unspecified atom stereocenters.